The molecule has 0 saturated carbocycles. The second kappa shape index (κ2) is 62.6. The van der Waals surface area contributed by atoms with Crippen LogP contribution in [-0.2, 0) is 30.8 Å². The second-order valence-electron chi connectivity index (χ2n) is 21.6. The van der Waals surface area contributed by atoms with E-state index in [1.807, 2.05) is 0 Å². The molecular formula is C60H126FeO6P3. The van der Waals surface area contributed by atoms with Gasteiger partial charge in [-0.15, -0.1) is 0 Å². The molecular weight excluding hydrogens is 965 g/mol. The standard InChI is InChI=1S/3C20H43O2P.Fe/c3*1-3-5-7-9-11-13-15-17-19-23(21,22)20-18-16-14-12-10-8-6-4-2;/h3*3-20H2,1-2H3,(H,21,22);/q;;;+3/p-3. The summed E-state index contributed by atoms with van der Waals surface area (Å²) >= 11 is 0. The molecule has 6 nitrogen and oxygen atoms in total. The van der Waals surface area contributed by atoms with Crippen molar-refractivity contribution >= 4 is 22.1 Å². The summed E-state index contributed by atoms with van der Waals surface area (Å²) in [7, 11) is -9.22. The molecule has 0 saturated heterocycles. The number of hydrogen-bond acceptors (Lipinski definition) is 6. The van der Waals surface area contributed by atoms with Crippen molar-refractivity contribution in [2.75, 3.05) is 37.0 Å². The quantitative estimate of drug-likeness (QED) is 0.0340. The summed E-state index contributed by atoms with van der Waals surface area (Å²) in [4.78, 5) is 36.0. The van der Waals surface area contributed by atoms with Crippen LogP contribution in [0.15, 0.2) is 0 Å². The third kappa shape index (κ3) is 71.2. The SMILES string of the molecule is CCCCCCCCCCP(=O)([O-])CCCCCCCCCC.CCCCCCCCCCP(=O)([O-])CCCCCCCCCC.CCCCCCCCCCP(=O)([O-])CCCCCCCCCC.[Fe+3]. The molecule has 0 aromatic heterocycles. The van der Waals surface area contributed by atoms with Crippen LogP contribution in [-0.4, -0.2) is 37.0 Å². The van der Waals surface area contributed by atoms with Gasteiger partial charge in [-0.25, -0.2) is 0 Å². The third-order valence-electron chi connectivity index (χ3n) is 14.1. The van der Waals surface area contributed by atoms with Gasteiger partial charge < -0.3 is 28.4 Å². The van der Waals surface area contributed by atoms with Gasteiger partial charge in [0, 0.05) is 22.1 Å². The van der Waals surface area contributed by atoms with Crippen LogP contribution in [0.2, 0.25) is 0 Å². The fourth-order valence-corrected chi connectivity index (χ4v) is 14.2. The molecule has 0 unspecified atom stereocenters. The maximum absolute atomic E-state index is 12.0. The Kier molecular flexibility index (Phi) is 69.4. The molecule has 0 aliphatic heterocycles. The van der Waals surface area contributed by atoms with Crippen LogP contribution in [0.1, 0.15) is 350 Å². The Hall–Kier alpha value is 1.09. The van der Waals surface area contributed by atoms with Crippen LogP contribution in [0.3, 0.4) is 0 Å². The minimum absolute atomic E-state index is 0. The predicted molar refractivity (Wildman–Crippen MR) is 308 cm³/mol. The molecule has 10 heteroatoms. The maximum atomic E-state index is 12.0. The molecule has 0 aliphatic carbocycles. The molecule has 425 valence electrons. The molecule has 1 radical (unpaired) electrons. The largest absolute Gasteiger partial charge is 3.00 e. The van der Waals surface area contributed by atoms with E-state index in [1.165, 1.54) is 231 Å². The Bertz CT molecular complexity index is 905. The molecule has 0 aliphatic rings. The maximum Gasteiger partial charge on any atom is 3.00 e. The van der Waals surface area contributed by atoms with Gasteiger partial charge in [-0.1, -0.05) is 311 Å². The van der Waals surface area contributed by atoms with Gasteiger partial charge >= 0.3 is 17.1 Å². The van der Waals surface area contributed by atoms with E-state index in [1.54, 1.807) is 0 Å². The van der Waals surface area contributed by atoms with Crippen molar-refractivity contribution < 1.29 is 45.4 Å². The smallest absolute Gasteiger partial charge is 0.799 e. The minimum atomic E-state index is -3.07. The molecule has 0 spiro atoms. The Balaban J connectivity index is -0.000000463. The zero-order chi connectivity index (χ0) is 51.7. The fraction of sp³-hybridized carbons (Fsp3) is 1.00. The van der Waals surface area contributed by atoms with E-state index in [2.05, 4.69) is 41.5 Å². The summed E-state index contributed by atoms with van der Waals surface area (Å²) in [5.74, 6) is 0. The van der Waals surface area contributed by atoms with E-state index in [9.17, 15) is 28.4 Å². The Morgan fingerprint density at radius 1 is 0.186 bits per heavy atom. The average molecular weight is 1090 g/mol. The Labute approximate surface area is 451 Å². The Morgan fingerprint density at radius 3 is 0.371 bits per heavy atom. The fourth-order valence-electron chi connectivity index (χ4n) is 9.25. The van der Waals surface area contributed by atoms with E-state index in [0.717, 1.165) is 77.0 Å². The molecule has 0 rings (SSSR count). The summed E-state index contributed by atoms with van der Waals surface area (Å²) < 4.78 is 36.0. The molecule has 0 amide bonds. The first-order chi connectivity index (χ1) is 33.4. The van der Waals surface area contributed by atoms with Gasteiger partial charge in [0.05, 0.1) is 0 Å². The number of hydrogen-bond donors (Lipinski definition) is 0. The summed E-state index contributed by atoms with van der Waals surface area (Å²) in [6.45, 7) is 13.4. The van der Waals surface area contributed by atoms with Crippen LogP contribution in [0.25, 0.3) is 0 Å². The van der Waals surface area contributed by atoms with Crippen LogP contribution in [0.4, 0.5) is 0 Å². The van der Waals surface area contributed by atoms with Gasteiger partial charge in [0.1, 0.15) is 0 Å². The number of rotatable bonds is 54. The van der Waals surface area contributed by atoms with Crippen molar-refractivity contribution in [3.05, 3.63) is 0 Å². The van der Waals surface area contributed by atoms with Crippen LogP contribution >= 0.6 is 22.1 Å². The van der Waals surface area contributed by atoms with E-state index >= 15 is 0 Å². The van der Waals surface area contributed by atoms with Crippen LogP contribution in [0.5, 0.6) is 0 Å². The van der Waals surface area contributed by atoms with Gasteiger partial charge in [0.25, 0.3) is 0 Å². The first-order valence-corrected chi connectivity index (χ1v) is 37.2. The first kappa shape index (κ1) is 77.6. The van der Waals surface area contributed by atoms with Gasteiger partial charge in [0.15, 0.2) is 0 Å². The summed E-state index contributed by atoms with van der Waals surface area (Å²) in [6, 6.07) is 0. The van der Waals surface area contributed by atoms with Gasteiger partial charge in [-0.05, 0) is 75.5 Å². The predicted octanol–water partition coefficient (Wildman–Crippen LogP) is 20.7. The molecule has 0 N–H and O–H groups in total. The van der Waals surface area contributed by atoms with Gasteiger partial charge in [0.2, 0.25) is 0 Å². The van der Waals surface area contributed by atoms with Crippen molar-refractivity contribution in [3.63, 3.8) is 0 Å². The van der Waals surface area contributed by atoms with Gasteiger partial charge in [-0.2, -0.15) is 0 Å². The number of unbranched alkanes of at least 4 members (excludes halogenated alkanes) is 42. The molecule has 0 bridgehead atoms. The molecule has 0 aromatic rings. The average Bonchev–Trinajstić information content (AvgIpc) is 3.32. The Morgan fingerprint density at radius 2 is 0.271 bits per heavy atom. The van der Waals surface area contributed by atoms with Gasteiger partial charge in [-0.3, -0.25) is 0 Å². The van der Waals surface area contributed by atoms with Crippen molar-refractivity contribution in [2.45, 2.75) is 350 Å². The summed E-state index contributed by atoms with van der Waals surface area (Å²) in [5.41, 5.74) is 0. The molecule has 0 aromatic carbocycles. The zero-order valence-electron chi connectivity index (χ0n) is 48.3. The molecule has 0 atom stereocenters. The topological polar surface area (TPSA) is 120 Å². The molecule has 70 heavy (non-hydrogen) atoms. The van der Waals surface area contributed by atoms with Crippen molar-refractivity contribution in [3.8, 4) is 0 Å². The van der Waals surface area contributed by atoms with E-state index in [4.69, 9.17) is 0 Å². The van der Waals surface area contributed by atoms with Crippen molar-refractivity contribution in [2.24, 2.45) is 0 Å². The van der Waals surface area contributed by atoms with E-state index in [0.29, 0.717) is 37.0 Å². The summed E-state index contributed by atoms with van der Waals surface area (Å²) in [5, 5.41) is 0. The second-order valence-corrected chi connectivity index (χ2v) is 29.2. The molecule has 0 fully saturated rings. The van der Waals surface area contributed by atoms with E-state index < -0.39 is 22.1 Å². The van der Waals surface area contributed by atoms with E-state index in [-0.39, 0.29) is 17.1 Å². The zero-order valence-corrected chi connectivity index (χ0v) is 52.1. The first-order valence-electron chi connectivity index (χ1n) is 31.2. The van der Waals surface area contributed by atoms with Crippen molar-refractivity contribution in [1.82, 2.24) is 0 Å². The molecule has 0 heterocycles. The minimum Gasteiger partial charge on any atom is -0.799 e. The van der Waals surface area contributed by atoms with Crippen LogP contribution in [0, 0.1) is 0 Å². The summed E-state index contributed by atoms with van der Waals surface area (Å²) in [6.07, 6.45) is 61.2. The van der Waals surface area contributed by atoms with Crippen LogP contribution < -0.4 is 14.7 Å². The normalized spacial score (nSPS) is 11.8. The third-order valence-corrected chi connectivity index (χ3v) is 20.1. The van der Waals surface area contributed by atoms with Crippen molar-refractivity contribution in [1.29, 1.82) is 0 Å². The monoisotopic (exact) mass is 1090 g/mol.